The molecule has 0 radical (unpaired) electrons. The van der Waals surface area contributed by atoms with E-state index in [0.717, 1.165) is 0 Å². The molecule has 6 heteroatoms. The van der Waals surface area contributed by atoms with Gasteiger partial charge in [-0.3, -0.25) is 10.1 Å². The van der Waals surface area contributed by atoms with E-state index in [1.807, 2.05) is 32.0 Å². The number of nitrogens with one attached hydrogen (secondary N) is 2. The summed E-state index contributed by atoms with van der Waals surface area (Å²) in [6.07, 6.45) is 0. The van der Waals surface area contributed by atoms with E-state index in [9.17, 15) is 14.9 Å². The molecule has 0 aliphatic rings. The lowest BCUT2D eigenvalue weighted by atomic mass is 9.90. The van der Waals surface area contributed by atoms with Gasteiger partial charge in [0, 0.05) is 0 Å². The summed E-state index contributed by atoms with van der Waals surface area (Å²) in [6.45, 7) is 10.7. The number of rotatable bonds is 7. The van der Waals surface area contributed by atoms with Crippen LogP contribution in [0.1, 0.15) is 53.1 Å². The van der Waals surface area contributed by atoms with Gasteiger partial charge in [0.15, 0.2) is 0 Å². The van der Waals surface area contributed by atoms with Crippen LogP contribution in [0, 0.1) is 17.2 Å². The lowest BCUT2D eigenvalue weighted by Crippen LogP contribution is -2.52. The van der Waals surface area contributed by atoms with Gasteiger partial charge in [0.05, 0.1) is 12.6 Å². The summed E-state index contributed by atoms with van der Waals surface area (Å²) >= 11 is 0. The van der Waals surface area contributed by atoms with E-state index in [1.54, 1.807) is 39.8 Å². The van der Waals surface area contributed by atoms with Gasteiger partial charge in [0.1, 0.15) is 17.2 Å². The van der Waals surface area contributed by atoms with Gasteiger partial charge in [-0.15, -0.1) is 0 Å². The summed E-state index contributed by atoms with van der Waals surface area (Å²) in [5.41, 5.74) is -0.890. The first kappa shape index (κ1) is 21.7. The number of ether oxygens (including phenoxy) is 1. The van der Waals surface area contributed by atoms with E-state index in [2.05, 4.69) is 16.7 Å². The van der Waals surface area contributed by atoms with E-state index in [-0.39, 0.29) is 18.4 Å². The number of benzene rings is 1. The van der Waals surface area contributed by atoms with Crippen LogP contribution in [-0.4, -0.2) is 29.6 Å². The van der Waals surface area contributed by atoms with Crippen LogP contribution >= 0.6 is 0 Å². The van der Waals surface area contributed by atoms with Gasteiger partial charge in [0.25, 0.3) is 0 Å². The normalized spacial score (nSPS) is 14.8. The highest BCUT2D eigenvalue weighted by atomic mass is 16.6. The molecule has 0 bridgehead atoms. The largest absolute Gasteiger partial charge is 0.459 e. The standard InChI is InChI=1S/C20H29N3O3/c1-14(2)20(6,13-21)23-16(24)12-22-17(15-10-8-7-9-11-15)18(25)26-19(3,4)5/h7-11,14,17,22H,12H2,1-6H3,(H,23,24)/t17-,20+/m1/s1. The van der Waals surface area contributed by atoms with Gasteiger partial charge in [-0.2, -0.15) is 5.26 Å². The molecular formula is C20H29N3O3. The predicted molar refractivity (Wildman–Crippen MR) is 100 cm³/mol. The molecule has 0 saturated carbocycles. The van der Waals surface area contributed by atoms with Crippen LogP contribution in [-0.2, 0) is 14.3 Å². The molecular weight excluding hydrogens is 330 g/mol. The Kier molecular flexibility index (Phi) is 7.34. The third-order valence-corrected chi connectivity index (χ3v) is 4.03. The fraction of sp³-hybridized carbons (Fsp3) is 0.550. The molecule has 1 rings (SSSR count). The van der Waals surface area contributed by atoms with Gasteiger partial charge in [-0.1, -0.05) is 44.2 Å². The molecule has 1 aromatic carbocycles. The lowest BCUT2D eigenvalue weighted by molar-refractivity contribution is -0.157. The minimum Gasteiger partial charge on any atom is -0.459 e. The van der Waals surface area contributed by atoms with Crippen molar-refractivity contribution in [1.29, 1.82) is 5.26 Å². The Labute approximate surface area is 155 Å². The maximum absolute atomic E-state index is 12.6. The van der Waals surface area contributed by atoms with E-state index in [0.29, 0.717) is 5.56 Å². The Hall–Kier alpha value is -2.39. The first-order valence-electron chi connectivity index (χ1n) is 8.72. The van der Waals surface area contributed by atoms with Crippen LogP contribution in [0.15, 0.2) is 30.3 Å². The predicted octanol–water partition coefficient (Wildman–Crippen LogP) is 2.71. The molecule has 1 aromatic rings. The molecule has 0 unspecified atom stereocenters. The van der Waals surface area contributed by atoms with Crippen molar-refractivity contribution in [3.8, 4) is 6.07 Å². The molecule has 0 saturated heterocycles. The van der Waals surface area contributed by atoms with Crippen LogP contribution < -0.4 is 10.6 Å². The molecule has 0 spiro atoms. The van der Waals surface area contributed by atoms with Crippen molar-refractivity contribution in [1.82, 2.24) is 10.6 Å². The maximum atomic E-state index is 12.6. The summed E-state index contributed by atoms with van der Waals surface area (Å²) in [4.78, 5) is 24.8. The molecule has 0 aromatic heterocycles. The van der Waals surface area contributed by atoms with E-state index in [1.165, 1.54) is 0 Å². The zero-order chi connectivity index (χ0) is 20.0. The van der Waals surface area contributed by atoms with Crippen molar-refractivity contribution in [3.63, 3.8) is 0 Å². The number of hydrogen-bond acceptors (Lipinski definition) is 5. The van der Waals surface area contributed by atoms with Gasteiger partial charge >= 0.3 is 5.97 Å². The highest BCUT2D eigenvalue weighted by Crippen LogP contribution is 2.19. The van der Waals surface area contributed by atoms with Crippen LogP contribution in [0.25, 0.3) is 0 Å². The fourth-order valence-electron chi connectivity index (χ4n) is 2.17. The molecule has 0 aliphatic carbocycles. The molecule has 0 aliphatic heterocycles. The van der Waals surface area contributed by atoms with Crippen molar-refractivity contribution in [3.05, 3.63) is 35.9 Å². The summed E-state index contributed by atoms with van der Waals surface area (Å²) in [6, 6.07) is 10.4. The molecule has 2 N–H and O–H groups in total. The number of carbonyl (C=O) groups excluding carboxylic acids is 2. The number of esters is 1. The molecule has 142 valence electrons. The van der Waals surface area contributed by atoms with Crippen molar-refractivity contribution < 1.29 is 14.3 Å². The zero-order valence-electron chi connectivity index (χ0n) is 16.4. The number of nitriles is 1. The Bertz CT molecular complexity index is 659. The van der Waals surface area contributed by atoms with Gasteiger partial charge in [0.2, 0.25) is 5.91 Å². The van der Waals surface area contributed by atoms with Crippen molar-refractivity contribution in [2.45, 2.75) is 58.7 Å². The lowest BCUT2D eigenvalue weighted by Gasteiger charge is -2.28. The second kappa shape index (κ2) is 8.81. The van der Waals surface area contributed by atoms with Crippen LogP contribution in [0.4, 0.5) is 0 Å². The molecule has 1 amide bonds. The first-order chi connectivity index (χ1) is 12.0. The average molecular weight is 359 g/mol. The Morgan fingerprint density at radius 3 is 2.19 bits per heavy atom. The second-order valence-electron chi connectivity index (χ2n) is 7.78. The molecule has 26 heavy (non-hydrogen) atoms. The third kappa shape index (κ3) is 6.49. The number of nitrogens with zero attached hydrogens (tertiary/aromatic N) is 1. The SMILES string of the molecule is CC(C)[C@](C)(C#N)NC(=O)CN[C@@H](C(=O)OC(C)(C)C)c1ccccc1. The monoisotopic (exact) mass is 359 g/mol. The topological polar surface area (TPSA) is 91.2 Å². The summed E-state index contributed by atoms with van der Waals surface area (Å²) in [5.74, 6) is -0.858. The Morgan fingerprint density at radius 2 is 1.73 bits per heavy atom. The van der Waals surface area contributed by atoms with Crippen molar-refractivity contribution in [2.75, 3.05) is 6.54 Å². The van der Waals surface area contributed by atoms with Gasteiger partial charge in [-0.05, 0) is 39.2 Å². The van der Waals surface area contributed by atoms with E-state index >= 15 is 0 Å². The van der Waals surface area contributed by atoms with Crippen LogP contribution in [0.5, 0.6) is 0 Å². The van der Waals surface area contributed by atoms with Gasteiger partial charge < -0.3 is 10.1 Å². The van der Waals surface area contributed by atoms with E-state index < -0.39 is 23.2 Å². The first-order valence-corrected chi connectivity index (χ1v) is 8.72. The highest BCUT2D eigenvalue weighted by Gasteiger charge is 2.31. The number of hydrogen-bond donors (Lipinski definition) is 2. The Balaban J connectivity index is 2.86. The summed E-state index contributed by atoms with van der Waals surface area (Å²) in [7, 11) is 0. The smallest absolute Gasteiger partial charge is 0.328 e. The summed E-state index contributed by atoms with van der Waals surface area (Å²) in [5, 5.41) is 15.0. The average Bonchev–Trinajstić information content (AvgIpc) is 2.54. The maximum Gasteiger partial charge on any atom is 0.328 e. The molecule has 0 heterocycles. The zero-order valence-corrected chi connectivity index (χ0v) is 16.4. The van der Waals surface area contributed by atoms with Crippen molar-refractivity contribution >= 4 is 11.9 Å². The number of amides is 1. The van der Waals surface area contributed by atoms with Gasteiger partial charge in [-0.25, -0.2) is 4.79 Å². The number of carbonyl (C=O) groups is 2. The van der Waals surface area contributed by atoms with Crippen LogP contribution in [0.3, 0.4) is 0 Å². The highest BCUT2D eigenvalue weighted by molar-refractivity contribution is 5.82. The van der Waals surface area contributed by atoms with Crippen molar-refractivity contribution in [2.24, 2.45) is 5.92 Å². The van der Waals surface area contributed by atoms with Crippen LogP contribution in [0.2, 0.25) is 0 Å². The minimum absolute atomic E-state index is 0.0489. The fourth-order valence-corrected chi connectivity index (χ4v) is 2.17. The molecule has 0 fully saturated rings. The third-order valence-electron chi connectivity index (χ3n) is 4.03. The minimum atomic E-state index is -0.965. The van der Waals surface area contributed by atoms with E-state index in [4.69, 9.17) is 4.74 Å². The molecule has 2 atom stereocenters. The quantitative estimate of drug-likeness (QED) is 0.731. The Morgan fingerprint density at radius 1 is 1.15 bits per heavy atom. The molecule has 6 nitrogen and oxygen atoms in total. The second-order valence-corrected chi connectivity index (χ2v) is 7.78. The summed E-state index contributed by atoms with van der Waals surface area (Å²) < 4.78 is 5.46.